The number of hydrogen-bond donors (Lipinski definition) is 2. The van der Waals surface area contributed by atoms with Crippen molar-refractivity contribution in [2.24, 2.45) is 0 Å². The van der Waals surface area contributed by atoms with Crippen LogP contribution in [0.2, 0.25) is 0 Å². The van der Waals surface area contributed by atoms with Crippen molar-refractivity contribution in [3.05, 3.63) is 51.6 Å². The van der Waals surface area contributed by atoms with Crippen LogP contribution < -0.4 is 5.56 Å². The van der Waals surface area contributed by atoms with Crippen LogP contribution in [0.1, 0.15) is 18.1 Å². The highest BCUT2D eigenvalue weighted by molar-refractivity contribution is 7.98. The Balaban J connectivity index is 2.12. The first kappa shape index (κ1) is 13.6. The van der Waals surface area contributed by atoms with Gasteiger partial charge in [-0.25, -0.2) is 4.39 Å². The first-order valence-electron chi connectivity index (χ1n) is 5.79. The summed E-state index contributed by atoms with van der Waals surface area (Å²) in [6, 6.07) is 6.09. The van der Waals surface area contributed by atoms with Crippen molar-refractivity contribution < 1.29 is 9.50 Å². The van der Waals surface area contributed by atoms with E-state index < -0.39 is 0 Å². The van der Waals surface area contributed by atoms with E-state index in [1.165, 1.54) is 23.9 Å². The fourth-order valence-electron chi connectivity index (χ4n) is 1.59. The van der Waals surface area contributed by atoms with E-state index in [1.807, 2.05) is 0 Å². The zero-order chi connectivity index (χ0) is 13.8. The predicted molar refractivity (Wildman–Crippen MR) is 71.9 cm³/mol. The molecule has 4 nitrogen and oxygen atoms in total. The van der Waals surface area contributed by atoms with Crippen molar-refractivity contribution >= 4 is 11.8 Å². The smallest absolute Gasteiger partial charge is 0.258 e. The van der Waals surface area contributed by atoms with Gasteiger partial charge in [0.1, 0.15) is 5.82 Å². The maximum Gasteiger partial charge on any atom is 0.258 e. The molecule has 1 heterocycles. The number of benzene rings is 1. The standard InChI is InChI=1S/C13H13FN2O2S/c1-2-10-11(17)15-13(16-12(10)18)19-7-8-3-5-9(14)6-4-8/h3-6H,2,7H2,1H3,(H2,15,16,17,18). The van der Waals surface area contributed by atoms with Crippen LogP contribution in [0.5, 0.6) is 5.88 Å². The van der Waals surface area contributed by atoms with Gasteiger partial charge >= 0.3 is 0 Å². The molecule has 0 saturated carbocycles. The SMILES string of the molecule is CCc1c(O)nc(SCc2ccc(F)cc2)[nH]c1=O. The predicted octanol–water partition coefficient (Wildman–Crippen LogP) is 2.47. The first-order valence-corrected chi connectivity index (χ1v) is 6.78. The van der Waals surface area contributed by atoms with E-state index in [-0.39, 0.29) is 22.8 Å². The Labute approximate surface area is 113 Å². The highest BCUT2D eigenvalue weighted by Gasteiger charge is 2.09. The molecule has 0 fully saturated rings. The monoisotopic (exact) mass is 280 g/mol. The van der Waals surface area contributed by atoms with Gasteiger partial charge in [0.15, 0.2) is 5.16 Å². The lowest BCUT2D eigenvalue weighted by Crippen LogP contribution is -2.14. The van der Waals surface area contributed by atoms with Crippen LogP contribution in [0.25, 0.3) is 0 Å². The minimum Gasteiger partial charge on any atom is -0.493 e. The molecule has 100 valence electrons. The Morgan fingerprint density at radius 2 is 2.05 bits per heavy atom. The van der Waals surface area contributed by atoms with Crippen LogP contribution in [0.3, 0.4) is 0 Å². The minimum absolute atomic E-state index is 0.229. The van der Waals surface area contributed by atoms with E-state index in [0.29, 0.717) is 17.3 Å². The minimum atomic E-state index is -0.323. The highest BCUT2D eigenvalue weighted by Crippen LogP contribution is 2.21. The molecule has 2 N–H and O–H groups in total. The van der Waals surface area contributed by atoms with Crippen molar-refractivity contribution in [1.82, 2.24) is 9.97 Å². The topological polar surface area (TPSA) is 66.0 Å². The Kier molecular flexibility index (Phi) is 4.21. The second kappa shape index (κ2) is 5.88. The third kappa shape index (κ3) is 3.35. The molecule has 1 aromatic heterocycles. The molecule has 0 aliphatic carbocycles. The number of rotatable bonds is 4. The summed E-state index contributed by atoms with van der Waals surface area (Å²) in [4.78, 5) is 18.2. The van der Waals surface area contributed by atoms with Gasteiger partial charge in [0.05, 0.1) is 5.56 Å². The van der Waals surface area contributed by atoms with E-state index in [4.69, 9.17) is 0 Å². The molecule has 0 aliphatic heterocycles. The van der Waals surface area contributed by atoms with E-state index in [2.05, 4.69) is 9.97 Å². The molecule has 0 atom stereocenters. The van der Waals surface area contributed by atoms with Gasteiger partial charge in [-0.15, -0.1) is 0 Å². The second-order valence-electron chi connectivity index (χ2n) is 3.94. The molecule has 2 aromatic rings. The molecule has 0 saturated heterocycles. The average molecular weight is 280 g/mol. The molecule has 2 rings (SSSR count). The van der Waals surface area contributed by atoms with Gasteiger partial charge in [0, 0.05) is 5.75 Å². The van der Waals surface area contributed by atoms with E-state index in [9.17, 15) is 14.3 Å². The summed E-state index contributed by atoms with van der Waals surface area (Å²) >= 11 is 1.28. The van der Waals surface area contributed by atoms with Crippen LogP contribution in [0, 0.1) is 5.82 Å². The van der Waals surface area contributed by atoms with Crippen LogP contribution >= 0.6 is 11.8 Å². The zero-order valence-corrected chi connectivity index (χ0v) is 11.1. The molecule has 0 unspecified atom stereocenters. The number of nitrogens with zero attached hydrogens (tertiary/aromatic N) is 1. The van der Waals surface area contributed by atoms with Gasteiger partial charge in [-0.1, -0.05) is 30.8 Å². The molecule has 0 amide bonds. The lowest BCUT2D eigenvalue weighted by Gasteiger charge is -2.04. The first-order chi connectivity index (χ1) is 9.10. The number of H-pyrrole nitrogens is 1. The number of aromatic hydroxyl groups is 1. The van der Waals surface area contributed by atoms with Gasteiger partial charge in [0.25, 0.3) is 5.56 Å². The Morgan fingerprint density at radius 3 is 2.63 bits per heavy atom. The van der Waals surface area contributed by atoms with Gasteiger partial charge in [0.2, 0.25) is 5.88 Å². The normalized spacial score (nSPS) is 10.6. The summed E-state index contributed by atoms with van der Waals surface area (Å²) in [6.45, 7) is 1.78. The third-order valence-corrected chi connectivity index (χ3v) is 3.56. The van der Waals surface area contributed by atoms with E-state index in [0.717, 1.165) is 5.56 Å². The summed E-state index contributed by atoms with van der Waals surface area (Å²) in [6.07, 6.45) is 0.428. The van der Waals surface area contributed by atoms with Crippen LogP contribution in [-0.4, -0.2) is 15.1 Å². The van der Waals surface area contributed by atoms with Crippen molar-refractivity contribution in [2.75, 3.05) is 0 Å². The van der Waals surface area contributed by atoms with Crippen molar-refractivity contribution in [3.63, 3.8) is 0 Å². The summed E-state index contributed by atoms with van der Waals surface area (Å²) in [5.41, 5.74) is 0.871. The average Bonchev–Trinajstić information content (AvgIpc) is 2.38. The quantitative estimate of drug-likeness (QED) is 0.667. The summed E-state index contributed by atoms with van der Waals surface area (Å²) in [7, 11) is 0. The molecule has 19 heavy (non-hydrogen) atoms. The number of aromatic nitrogens is 2. The molecule has 0 spiro atoms. The Hall–Kier alpha value is -1.82. The molecular formula is C13H13FN2O2S. The van der Waals surface area contributed by atoms with Crippen LogP contribution in [0.4, 0.5) is 4.39 Å². The largest absolute Gasteiger partial charge is 0.493 e. The van der Waals surface area contributed by atoms with E-state index in [1.54, 1.807) is 19.1 Å². The Bertz CT molecular complexity index is 626. The number of nitrogens with one attached hydrogen (secondary N) is 1. The second-order valence-corrected chi connectivity index (χ2v) is 4.91. The molecule has 0 bridgehead atoms. The summed E-state index contributed by atoms with van der Waals surface area (Å²) < 4.78 is 12.7. The Morgan fingerprint density at radius 1 is 1.37 bits per heavy atom. The van der Waals surface area contributed by atoms with Gasteiger partial charge in [-0.05, 0) is 24.1 Å². The number of aromatic amines is 1. The van der Waals surface area contributed by atoms with Gasteiger partial charge in [-0.2, -0.15) is 4.98 Å². The van der Waals surface area contributed by atoms with Crippen LogP contribution in [-0.2, 0) is 12.2 Å². The molecule has 6 heteroatoms. The summed E-state index contributed by atoms with van der Waals surface area (Å²) in [5.74, 6) is 0.0202. The van der Waals surface area contributed by atoms with Crippen molar-refractivity contribution in [3.8, 4) is 5.88 Å². The third-order valence-electron chi connectivity index (χ3n) is 2.61. The number of hydrogen-bond acceptors (Lipinski definition) is 4. The molecule has 1 aromatic carbocycles. The van der Waals surface area contributed by atoms with Gasteiger partial charge in [-0.3, -0.25) is 4.79 Å². The summed E-state index contributed by atoms with van der Waals surface area (Å²) in [5, 5.41) is 9.96. The lowest BCUT2D eigenvalue weighted by atomic mass is 10.2. The number of thioether (sulfide) groups is 1. The van der Waals surface area contributed by atoms with Crippen molar-refractivity contribution in [1.29, 1.82) is 0 Å². The molecular weight excluding hydrogens is 267 g/mol. The lowest BCUT2D eigenvalue weighted by molar-refractivity contribution is 0.436. The highest BCUT2D eigenvalue weighted by atomic mass is 32.2. The number of halogens is 1. The van der Waals surface area contributed by atoms with Crippen molar-refractivity contribution in [2.45, 2.75) is 24.3 Å². The molecule has 0 radical (unpaired) electrons. The van der Waals surface area contributed by atoms with Crippen LogP contribution in [0.15, 0.2) is 34.2 Å². The maximum absolute atomic E-state index is 12.7. The maximum atomic E-state index is 12.7. The fraction of sp³-hybridized carbons (Fsp3) is 0.231. The van der Waals surface area contributed by atoms with E-state index >= 15 is 0 Å². The zero-order valence-electron chi connectivity index (χ0n) is 10.3. The fourth-order valence-corrected chi connectivity index (χ4v) is 2.40. The molecule has 0 aliphatic rings. The van der Waals surface area contributed by atoms with Gasteiger partial charge < -0.3 is 10.1 Å².